The molecule has 2 fully saturated rings. The van der Waals surface area contributed by atoms with Gasteiger partial charge in [-0.15, -0.1) is 0 Å². The first-order valence-electron chi connectivity index (χ1n) is 6.14. The Morgan fingerprint density at radius 2 is 1.59 bits per heavy atom. The SMILES string of the molecule is Nc1cc(Cl)c(N2CC3CCCC3C2)c(Cl)c1. The van der Waals surface area contributed by atoms with E-state index in [0.717, 1.165) is 30.6 Å². The monoisotopic (exact) mass is 270 g/mol. The van der Waals surface area contributed by atoms with Gasteiger partial charge < -0.3 is 10.6 Å². The highest BCUT2D eigenvalue weighted by atomic mass is 35.5. The van der Waals surface area contributed by atoms with Crippen LogP contribution < -0.4 is 10.6 Å². The first-order valence-corrected chi connectivity index (χ1v) is 6.90. The Labute approximate surface area is 112 Å². The van der Waals surface area contributed by atoms with E-state index in [1.54, 1.807) is 12.1 Å². The number of halogens is 2. The summed E-state index contributed by atoms with van der Waals surface area (Å²) >= 11 is 12.5. The van der Waals surface area contributed by atoms with Gasteiger partial charge in [-0.1, -0.05) is 29.6 Å². The molecule has 2 nitrogen and oxygen atoms in total. The molecule has 2 N–H and O–H groups in total. The molecule has 1 saturated heterocycles. The minimum Gasteiger partial charge on any atom is -0.399 e. The Kier molecular flexibility index (Phi) is 2.87. The molecule has 92 valence electrons. The summed E-state index contributed by atoms with van der Waals surface area (Å²) in [5.41, 5.74) is 7.33. The predicted octanol–water partition coefficient (Wildman–Crippen LogP) is 3.81. The van der Waals surface area contributed by atoms with Gasteiger partial charge in [-0.25, -0.2) is 0 Å². The van der Waals surface area contributed by atoms with Crippen LogP contribution in [-0.2, 0) is 0 Å². The largest absolute Gasteiger partial charge is 0.399 e. The van der Waals surface area contributed by atoms with Gasteiger partial charge in [0, 0.05) is 18.8 Å². The van der Waals surface area contributed by atoms with Gasteiger partial charge in [0.1, 0.15) is 0 Å². The first kappa shape index (κ1) is 11.5. The van der Waals surface area contributed by atoms with E-state index in [0.29, 0.717) is 15.7 Å². The van der Waals surface area contributed by atoms with Crippen LogP contribution in [0.1, 0.15) is 19.3 Å². The number of fused-ring (bicyclic) bond motifs is 1. The third-order valence-corrected chi connectivity index (χ3v) is 4.66. The molecular formula is C13H16Cl2N2. The van der Waals surface area contributed by atoms with Crippen LogP contribution in [0.15, 0.2) is 12.1 Å². The molecule has 2 aliphatic rings. The lowest BCUT2D eigenvalue weighted by molar-refractivity contribution is 0.494. The van der Waals surface area contributed by atoms with Crippen LogP contribution in [-0.4, -0.2) is 13.1 Å². The maximum atomic E-state index is 6.27. The lowest BCUT2D eigenvalue weighted by Crippen LogP contribution is -2.21. The summed E-state index contributed by atoms with van der Waals surface area (Å²) in [5, 5.41) is 1.35. The van der Waals surface area contributed by atoms with Crippen molar-refractivity contribution < 1.29 is 0 Å². The average Bonchev–Trinajstić information content (AvgIpc) is 2.75. The summed E-state index contributed by atoms with van der Waals surface area (Å²) in [4.78, 5) is 2.33. The zero-order valence-corrected chi connectivity index (χ0v) is 11.1. The topological polar surface area (TPSA) is 29.3 Å². The molecule has 17 heavy (non-hydrogen) atoms. The Morgan fingerprint density at radius 1 is 1.06 bits per heavy atom. The third-order valence-electron chi connectivity index (χ3n) is 4.08. The summed E-state index contributed by atoms with van der Waals surface area (Å²) in [6.45, 7) is 2.18. The fourth-order valence-electron chi connectivity index (χ4n) is 3.30. The number of benzene rings is 1. The van der Waals surface area contributed by atoms with E-state index in [1.165, 1.54) is 19.3 Å². The second-order valence-electron chi connectivity index (χ2n) is 5.19. The van der Waals surface area contributed by atoms with Crippen molar-refractivity contribution in [2.45, 2.75) is 19.3 Å². The molecule has 1 aromatic carbocycles. The number of hydrogen-bond donors (Lipinski definition) is 1. The Balaban J connectivity index is 1.90. The molecule has 2 unspecified atom stereocenters. The molecule has 1 aliphatic carbocycles. The number of anilines is 2. The van der Waals surface area contributed by atoms with Crippen LogP contribution in [0, 0.1) is 11.8 Å². The number of hydrogen-bond acceptors (Lipinski definition) is 2. The van der Waals surface area contributed by atoms with Crippen LogP contribution in [0.5, 0.6) is 0 Å². The second kappa shape index (κ2) is 4.25. The maximum Gasteiger partial charge on any atom is 0.0746 e. The van der Waals surface area contributed by atoms with Crippen molar-refractivity contribution >= 4 is 34.6 Å². The summed E-state index contributed by atoms with van der Waals surface area (Å²) in [6.07, 6.45) is 4.09. The van der Waals surface area contributed by atoms with Gasteiger partial charge in [0.15, 0.2) is 0 Å². The van der Waals surface area contributed by atoms with Gasteiger partial charge in [-0.3, -0.25) is 0 Å². The summed E-state index contributed by atoms with van der Waals surface area (Å²) in [5.74, 6) is 1.67. The van der Waals surface area contributed by atoms with E-state index < -0.39 is 0 Å². The van der Waals surface area contributed by atoms with Crippen LogP contribution in [0.2, 0.25) is 10.0 Å². The van der Waals surface area contributed by atoms with Gasteiger partial charge in [0.2, 0.25) is 0 Å². The Morgan fingerprint density at radius 3 is 2.12 bits per heavy atom. The molecule has 1 aromatic rings. The van der Waals surface area contributed by atoms with Gasteiger partial charge in [-0.05, 0) is 36.8 Å². The first-order chi connectivity index (χ1) is 8.15. The van der Waals surface area contributed by atoms with Crippen molar-refractivity contribution in [3.8, 4) is 0 Å². The van der Waals surface area contributed by atoms with Crippen molar-refractivity contribution in [3.05, 3.63) is 22.2 Å². The third kappa shape index (κ3) is 1.98. The van der Waals surface area contributed by atoms with Crippen molar-refractivity contribution in [1.29, 1.82) is 0 Å². The quantitative estimate of drug-likeness (QED) is 0.787. The molecule has 0 radical (unpaired) electrons. The molecule has 0 bridgehead atoms. The van der Waals surface area contributed by atoms with E-state index in [9.17, 15) is 0 Å². The number of nitrogens with zero attached hydrogens (tertiary/aromatic N) is 1. The Hall–Kier alpha value is -0.600. The molecule has 2 atom stereocenters. The van der Waals surface area contributed by atoms with E-state index in [-0.39, 0.29) is 0 Å². The minimum atomic E-state index is 0.628. The van der Waals surface area contributed by atoms with Gasteiger partial charge in [0.25, 0.3) is 0 Å². The van der Waals surface area contributed by atoms with E-state index in [4.69, 9.17) is 28.9 Å². The number of rotatable bonds is 1. The lowest BCUT2D eigenvalue weighted by Gasteiger charge is -2.22. The summed E-state index contributed by atoms with van der Waals surface area (Å²) < 4.78 is 0. The number of nitrogen functional groups attached to an aromatic ring is 1. The second-order valence-corrected chi connectivity index (χ2v) is 6.00. The highest BCUT2D eigenvalue weighted by Crippen LogP contribution is 2.44. The summed E-state index contributed by atoms with van der Waals surface area (Å²) in [7, 11) is 0. The minimum absolute atomic E-state index is 0.628. The van der Waals surface area contributed by atoms with E-state index in [2.05, 4.69) is 4.90 Å². The lowest BCUT2D eigenvalue weighted by atomic mass is 10.0. The molecule has 4 heteroatoms. The van der Waals surface area contributed by atoms with Crippen LogP contribution >= 0.6 is 23.2 Å². The van der Waals surface area contributed by atoms with E-state index >= 15 is 0 Å². The molecule has 1 saturated carbocycles. The smallest absolute Gasteiger partial charge is 0.0746 e. The summed E-state index contributed by atoms with van der Waals surface area (Å²) in [6, 6.07) is 3.58. The molecule has 0 spiro atoms. The van der Waals surface area contributed by atoms with Gasteiger partial charge in [-0.2, -0.15) is 0 Å². The predicted molar refractivity (Wildman–Crippen MR) is 73.9 cm³/mol. The van der Waals surface area contributed by atoms with Crippen molar-refractivity contribution in [3.63, 3.8) is 0 Å². The highest BCUT2D eigenvalue weighted by molar-refractivity contribution is 6.39. The van der Waals surface area contributed by atoms with E-state index in [1.807, 2.05) is 0 Å². The fourth-order valence-corrected chi connectivity index (χ4v) is 4.05. The molecule has 1 heterocycles. The van der Waals surface area contributed by atoms with Crippen molar-refractivity contribution in [2.75, 3.05) is 23.7 Å². The zero-order valence-electron chi connectivity index (χ0n) is 9.63. The zero-order chi connectivity index (χ0) is 12.0. The Bertz CT molecular complexity index is 412. The standard InChI is InChI=1S/C13H16Cl2N2/c14-11-4-10(16)5-12(15)13(11)17-6-8-2-1-3-9(8)7-17/h4-5,8-9H,1-3,6-7,16H2. The van der Waals surface area contributed by atoms with Crippen molar-refractivity contribution in [2.24, 2.45) is 11.8 Å². The van der Waals surface area contributed by atoms with Crippen LogP contribution in [0.4, 0.5) is 11.4 Å². The molecule has 0 amide bonds. The molecule has 0 aromatic heterocycles. The van der Waals surface area contributed by atoms with Crippen molar-refractivity contribution in [1.82, 2.24) is 0 Å². The van der Waals surface area contributed by atoms with Gasteiger partial charge in [0.05, 0.1) is 15.7 Å². The molecular weight excluding hydrogens is 255 g/mol. The van der Waals surface area contributed by atoms with Crippen LogP contribution in [0.3, 0.4) is 0 Å². The molecule has 1 aliphatic heterocycles. The average molecular weight is 271 g/mol. The van der Waals surface area contributed by atoms with Crippen LogP contribution in [0.25, 0.3) is 0 Å². The molecule has 3 rings (SSSR count). The van der Waals surface area contributed by atoms with Gasteiger partial charge >= 0.3 is 0 Å². The normalized spacial score (nSPS) is 27.5. The maximum absolute atomic E-state index is 6.27. The number of nitrogens with two attached hydrogens (primary N) is 1. The fraction of sp³-hybridized carbons (Fsp3) is 0.538. The highest BCUT2D eigenvalue weighted by Gasteiger charge is 2.37.